The van der Waals surface area contributed by atoms with Crippen molar-refractivity contribution in [2.45, 2.75) is 33.6 Å². The second-order valence-electron chi connectivity index (χ2n) is 5.40. The van der Waals surface area contributed by atoms with Gasteiger partial charge in [0.1, 0.15) is 0 Å². The maximum Gasteiger partial charge on any atom is 0.229 e. The molecule has 3 heteroatoms. The van der Waals surface area contributed by atoms with Crippen molar-refractivity contribution in [1.82, 2.24) is 10.2 Å². The summed E-state index contributed by atoms with van der Waals surface area (Å²) >= 11 is 0. The molecule has 1 rings (SSSR count). The molecule has 1 N–H and O–H groups in total. The molecule has 1 amide bonds. The molecular formula is C12H24N2O. The predicted molar refractivity (Wildman–Crippen MR) is 62.7 cm³/mol. The van der Waals surface area contributed by atoms with Gasteiger partial charge in [-0.05, 0) is 32.2 Å². The summed E-state index contributed by atoms with van der Waals surface area (Å²) in [5, 5.41) is 3.27. The van der Waals surface area contributed by atoms with Gasteiger partial charge in [0.15, 0.2) is 0 Å². The second-order valence-corrected chi connectivity index (χ2v) is 5.40. The molecule has 1 saturated heterocycles. The molecule has 1 aliphatic heterocycles. The van der Waals surface area contributed by atoms with E-state index in [9.17, 15) is 4.79 Å². The Bertz CT molecular complexity index is 220. The summed E-state index contributed by atoms with van der Waals surface area (Å²) in [4.78, 5) is 14.1. The molecule has 0 aromatic carbocycles. The van der Waals surface area contributed by atoms with Crippen molar-refractivity contribution in [3.63, 3.8) is 0 Å². The van der Waals surface area contributed by atoms with Gasteiger partial charge in [0.05, 0.1) is 5.41 Å². The number of carbonyl (C=O) groups is 1. The van der Waals surface area contributed by atoms with Crippen LogP contribution < -0.4 is 5.32 Å². The third kappa shape index (κ3) is 3.20. The van der Waals surface area contributed by atoms with Gasteiger partial charge in [0.2, 0.25) is 5.91 Å². The average Bonchev–Trinajstić information content (AvgIpc) is 2.61. The van der Waals surface area contributed by atoms with Crippen LogP contribution >= 0.6 is 0 Å². The first-order valence-corrected chi connectivity index (χ1v) is 5.92. The van der Waals surface area contributed by atoms with Crippen molar-refractivity contribution in [2.24, 2.45) is 11.3 Å². The summed E-state index contributed by atoms with van der Waals surface area (Å²) in [7, 11) is 1.92. The zero-order valence-corrected chi connectivity index (χ0v) is 10.5. The number of rotatable bonds is 4. The van der Waals surface area contributed by atoms with E-state index in [0.29, 0.717) is 11.8 Å². The van der Waals surface area contributed by atoms with Crippen LogP contribution in [0.3, 0.4) is 0 Å². The highest BCUT2D eigenvalue weighted by Gasteiger charge is 2.37. The van der Waals surface area contributed by atoms with Gasteiger partial charge in [0, 0.05) is 20.1 Å². The lowest BCUT2D eigenvalue weighted by Crippen LogP contribution is -2.42. The fourth-order valence-electron chi connectivity index (χ4n) is 2.01. The van der Waals surface area contributed by atoms with Crippen LogP contribution in [0.5, 0.6) is 0 Å². The third-order valence-electron chi connectivity index (χ3n) is 3.27. The number of amides is 1. The fraction of sp³-hybridized carbons (Fsp3) is 0.917. The largest absolute Gasteiger partial charge is 0.345 e. The van der Waals surface area contributed by atoms with Crippen LogP contribution in [0.25, 0.3) is 0 Å². The van der Waals surface area contributed by atoms with E-state index in [1.807, 2.05) is 11.9 Å². The Morgan fingerprint density at radius 1 is 1.53 bits per heavy atom. The number of hydrogen-bond acceptors (Lipinski definition) is 2. The van der Waals surface area contributed by atoms with Gasteiger partial charge in [-0.25, -0.2) is 0 Å². The van der Waals surface area contributed by atoms with Gasteiger partial charge in [-0.15, -0.1) is 0 Å². The minimum Gasteiger partial charge on any atom is -0.345 e. The molecule has 15 heavy (non-hydrogen) atoms. The van der Waals surface area contributed by atoms with E-state index in [-0.39, 0.29) is 5.41 Å². The van der Waals surface area contributed by atoms with Crippen molar-refractivity contribution in [3.05, 3.63) is 0 Å². The van der Waals surface area contributed by atoms with Crippen LogP contribution in [-0.4, -0.2) is 37.5 Å². The summed E-state index contributed by atoms with van der Waals surface area (Å²) in [6.45, 7) is 9.14. The zero-order chi connectivity index (χ0) is 11.5. The number of nitrogens with zero attached hydrogens (tertiary/aromatic N) is 1. The Labute approximate surface area is 93.2 Å². The standard InChI is InChI=1S/C12H24N2O/c1-10(2)5-8-14(4)11(15)12(3)6-7-13-9-12/h10,13H,5-9H2,1-4H3. The summed E-state index contributed by atoms with van der Waals surface area (Å²) in [5.74, 6) is 0.961. The lowest BCUT2D eigenvalue weighted by molar-refractivity contribution is -0.139. The Morgan fingerprint density at radius 3 is 2.67 bits per heavy atom. The van der Waals surface area contributed by atoms with Gasteiger partial charge in [-0.2, -0.15) is 0 Å². The summed E-state index contributed by atoms with van der Waals surface area (Å²) in [5.41, 5.74) is -0.161. The predicted octanol–water partition coefficient (Wildman–Crippen LogP) is 1.49. The first-order chi connectivity index (χ1) is 6.96. The van der Waals surface area contributed by atoms with Gasteiger partial charge in [0.25, 0.3) is 0 Å². The smallest absolute Gasteiger partial charge is 0.229 e. The first-order valence-electron chi connectivity index (χ1n) is 5.92. The average molecular weight is 212 g/mol. The number of hydrogen-bond donors (Lipinski definition) is 1. The maximum absolute atomic E-state index is 12.2. The van der Waals surface area contributed by atoms with E-state index in [0.717, 1.165) is 32.5 Å². The molecule has 0 aromatic rings. The molecule has 3 nitrogen and oxygen atoms in total. The highest BCUT2D eigenvalue weighted by molar-refractivity contribution is 5.82. The van der Waals surface area contributed by atoms with Crippen LogP contribution in [0.4, 0.5) is 0 Å². The van der Waals surface area contributed by atoms with Crippen molar-refractivity contribution >= 4 is 5.91 Å². The summed E-state index contributed by atoms with van der Waals surface area (Å²) in [6.07, 6.45) is 2.06. The van der Waals surface area contributed by atoms with E-state index in [4.69, 9.17) is 0 Å². The Hall–Kier alpha value is -0.570. The molecule has 1 atom stereocenters. The molecule has 1 aliphatic rings. The van der Waals surface area contributed by atoms with E-state index >= 15 is 0 Å². The van der Waals surface area contributed by atoms with Gasteiger partial charge in [-0.3, -0.25) is 4.79 Å². The Morgan fingerprint density at radius 2 is 2.20 bits per heavy atom. The Balaban J connectivity index is 2.44. The normalized spacial score (nSPS) is 25.9. The molecule has 1 heterocycles. The quantitative estimate of drug-likeness (QED) is 0.766. The molecule has 0 radical (unpaired) electrons. The zero-order valence-electron chi connectivity index (χ0n) is 10.5. The minimum atomic E-state index is -0.161. The molecule has 1 unspecified atom stereocenters. The molecule has 0 spiro atoms. The van der Waals surface area contributed by atoms with Gasteiger partial charge >= 0.3 is 0 Å². The second kappa shape index (κ2) is 4.97. The maximum atomic E-state index is 12.2. The van der Waals surface area contributed by atoms with Crippen molar-refractivity contribution in [3.8, 4) is 0 Å². The molecule has 0 aromatic heterocycles. The van der Waals surface area contributed by atoms with Crippen LogP contribution in [-0.2, 0) is 4.79 Å². The van der Waals surface area contributed by atoms with Crippen LogP contribution in [0.1, 0.15) is 33.6 Å². The van der Waals surface area contributed by atoms with Crippen LogP contribution in [0, 0.1) is 11.3 Å². The SMILES string of the molecule is CC(C)CCN(C)C(=O)C1(C)CCNC1. The van der Waals surface area contributed by atoms with Crippen molar-refractivity contribution in [2.75, 3.05) is 26.7 Å². The highest BCUT2D eigenvalue weighted by Crippen LogP contribution is 2.26. The molecule has 0 bridgehead atoms. The highest BCUT2D eigenvalue weighted by atomic mass is 16.2. The number of nitrogens with one attached hydrogen (secondary N) is 1. The first kappa shape index (κ1) is 12.5. The lowest BCUT2D eigenvalue weighted by Gasteiger charge is -2.28. The van der Waals surface area contributed by atoms with Crippen LogP contribution in [0.15, 0.2) is 0 Å². The number of carbonyl (C=O) groups excluding carboxylic acids is 1. The summed E-state index contributed by atoms with van der Waals surface area (Å²) in [6, 6.07) is 0. The molecule has 0 aliphatic carbocycles. The summed E-state index contributed by atoms with van der Waals surface area (Å²) < 4.78 is 0. The molecule has 1 fully saturated rings. The minimum absolute atomic E-state index is 0.161. The van der Waals surface area contributed by atoms with Gasteiger partial charge in [-0.1, -0.05) is 13.8 Å². The monoisotopic (exact) mass is 212 g/mol. The van der Waals surface area contributed by atoms with E-state index in [1.54, 1.807) is 0 Å². The molecule has 0 saturated carbocycles. The molecular weight excluding hydrogens is 188 g/mol. The van der Waals surface area contributed by atoms with Crippen molar-refractivity contribution in [1.29, 1.82) is 0 Å². The fourth-order valence-corrected chi connectivity index (χ4v) is 2.01. The third-order valence-corrected chi connectivity index (χ3v) is 3.27. The van der Waals surface area contributed by atoms with E-state index < -0.39 is 0 Å². The topological polar surface area (TPSA) is 32.3 Å². The van der Waals surface area contributed by atoms with Crippen LogP contribution in [0.2, 0.25) is 0 Å². The molecule has 88 valence electrons. The Kier molecular flexibility index (Phi) is 4.14. The van der Waals surface area contributed by atoms with Crippen molar-refractivity contribution < 1.29 is 4.79 Å². The van der Waals surface area contributed by atoms with E-state index in [1.165, 1.54) is 0 Å². The van der Waals surface area contributed by atoms with Gasteiger partial charge < -0.3 is 10.2 Å². The van der Waals surface area contributed by atoms with E-state index in [2.05, 4.69) is 26.1 Å². The lowest BCUT2D eigenvalue weighted by atomic mass is 9.88.